The Bertz CT molecular complexity index is 1100. The van der Waals surface area contributed by atoms with Crippen molar-refractivity contribution in [3.63, 3.8) is 0 Å². The minimum Gasteiger partial charge on any atom is -0.451 e. The second-order valence-electron chi connectivity index (χ2n) is 6.52. The minimum absolute atomic E-state index is 0.0104. The van der Waals surface area contributed by atoms with Crippen molar-refractivity contribution in [1.82, 2.24) is 9.78 Å². The van der Waals surface area contributed by atoms with Crippen LogP contribution in [0.2, 0.25) is 0 Å². The lowest BCUT2D eigenvalue weighted by Gasteiger charge is -2.10. The molecule has 3 aromatic rings. The first-order valence-corrected chi connectivity index (χ1v) is 8.94. The average Bonchev–Trinajstić information content (AvgIpc) is 2.66. The van der Waals surface area contributed by atoms with Crippen molar-refractivity contribution < 1.29 is 14.3 Å². The Morgan fingerprint density at radius 3 is 2.36 bits per heavy atom. The van der Waals surface area contributed by atoms with Crippen molar-refractivity contribution in [2.45, 2.75) is 27.3 Å². The summed E-state index contributed by atoms with van der Waals surface area (Å²) in [7, 11) is 0. The molecule has 144 valence electrons. The fourth-order valence-electron chi connectivity index (χ4n) is 3.04. The van der Waals surface area contributed by atoms with E-state index >= 15 is 0 Å². The number of rotatable bonds is 5. The Labute approximate surface area is 161 Å². The number of esters is 1. The molecule has 2 aromatic carbocycles. The molecule has 0 atom stereocenters. The summed E-state index contributed by atoms with van der Waals surface area (Å²) >= 11 is 0. The number of carbonyl (C=O) groups is 2. The molecule has 1 N–H and O–H groups in total. The van der Waals surface area contributed by atoms with Crippen molar-refractivity contribution in [1.29, 1.82) is 0 Å². The Kier molecular flexibility index (Phi) is 5.54. The van der Waals surface area contributed by atoms with Gasteiger partial charge in [-0.15, -0.1) is 0 Å². The maximum atomic E-state index is 12.5. The second kappa shape index (κ2) is 8.04. The van der Waals surface area contributed by atoms with Gasteiger partial charge in [-0.3, -0.25) is 9.59 Å². The minimum atomic E-state index is -0.756. The Balaban J connectivity index is 1.77. The van der Waals surface area contributed by atoms with Crippen molar-refractivity contribution in [3.05, 3.63) is 69.6 Å². The van der Waals surface area contributed by atoms with Crippen LogP contribution in [0.15, 0.2) is 47.3 Å². The van der Waals surface area contributed by atoms with Crippen LogP contribution >= 0.6 is 0 Å². The van der Waals surface area contributed by atoms with Crippen LogP contribution in [0.3, 0.4) is 0 Å². The van der Waals surface area contributed by atoms with Gasteiger partial charge in [0.15, 0.2) is 12.3 Å². The number of benzene rings is 2. The topological polar surface area (TPSA) is 90.3 Å². The normalized spacial score (nSPS) is 10.7. The number of anilines is 1. The fourth-order valence-corrected chi connectivity index (χ4v) is 3.04. The highest BCUT2D eigenvalue weighted by atomic mass is 16.5. The van der Waals surface area contributed by atoms with Crippen molar-refractivity contribution in [2.24, 2.45) is 0 Å². The molecule has 0 fully saturated rings. The quantitative estimate of drug-likeness (QED) is 0.689. The molecule has 0 aliphatic rings. The summed E-state index contributed by atoms with van der Waals surface area (Å²) in [6.07, 6.45) is 0. The van der Waals surface area contributed by atoms with E-state index in [1.165, 1.54) is 4.68 Å². The van der Waals surface area contributed by atoms with Gasteiger partial charge >= 0.3 is 5.97 Å². The molecule has 1 heterocycles. The number of aromatic nitrogens is 2. The molecular weight excluding hydrogens is 358 g/mol. The number of amides is 1. The number of fused-ring (bicyclic) bond motifs is 1. The lowest BCUT2D eigenvalue weighted by atomic mass is 10.1. The number of ether oxygens (including phenoxy) is 1. The molecule has 0 aliphatic carbocycles. The standard InChI is InChI=1S/C21H21N3O4/c1-4-24-20(26)17-8-6-5-7-16(17)19(23-24)21(27)28-12-18(25)22-15-10-13(2)9-14(3)11-15/h5-11H,4,12H2,1-3H3,(H,22,25). The summed E-state index contributed by atoms with van der Waals surface area (Å²) < 4.78 is 6.34. The second-order valence-corrected chi connectivity index (χ2v) is 6.52. The third kappa shape index (κ3) is 4.09. The van der Waals surface area contributed by atoms with E-state index in [2.05, 4.69) is 10.4 Å². The fraction of sp³-hybridized carbons (Fsp3) is 0.238. The van der Waals surface area contributed by atoms with Gasteiger partial charge in [-0.25, -0.2) is 9.48 Å². The van der Waals surface area contributed by atoms with E-state index in [1.807, 2.05) is 32.0 Å². The zero-order valence-electron chi connectivity index (χ0n) is 16.0. The maximum absolute atomic E-state index is 12.5. The SMILES string of the molecule is CCn1nc(C(=O)OCC(=O)Nc2cc(C)cc(C)c2)c2ccccc2c1=O. The van der Waals surface area contributed by atoms with Crippen LogP contribution in [0.4, 0.5) is 5.69 Å². The van der Waals surface area contributed by atoms with Crippen LogP contribution in [0.1, 0.15) is 28.5 Å². The monoisotopic (exact) mass is 379 g/mol. The average molecular weight is 379 g/mol. The number of nitrogens with one attached hydrogen (secondary N) is 1. The molecule has 0 radical (unpaired) electrons. The molecule has 7 nitrogen and oxygen atoms in total. The number of aryl methyl sites for hydroxylation is 3. The van der Waals surface area contributed by atoms with Crippen LogP contribution in [-0.2, 0) is 16.1 Å². The number of carbonyl (C=O) groups excluding carboxylic acids is 2. The van der Waals surface area contributed by atoms with E-state index in [0.717, 1.165) is 11.1 Å². The predicted octanol–water partition coefficient (Wildman–Crippen LogP) is 2.83. The number of nitrogens with zero attached hydrogens (tertiary/aromatic N) is 2. The Hall–Kier alpha value is -3.48. The van der Waals surface area contributed by atoms with E-state index in [-0.39, 0.29) is 11.3 Å². The number of hydrogen-bond acceptors (Lipinski definition) is 5. The van der Waals surface area contributed by atoms with Crippen LogP contribution in [0.5, 0.6) is 0 Å². The molecule has 0 bridgehead atoms. The highest BCUT2D eigenvalue weighted by Crippen LogP contribution is 2.15. The van der Waals surface area contributed by atoms with Gasteiger partial charge in [-0.1, -0.05) is 24.3 Å². The highest BCUT2D eigenvalue weighted by Gasteiger charge is 2.18. The van der Waals surface area contributed by atoms with Gasteiger partial charge in [0.2, 0.25) is 0 Å². The summed E-state index contributed by atoms with van der Waals surface area (Å²) in [6, 6.07) is 12.4. The van der Waals surface area contributed by atoms with Gasteiger partial charge in [0.1, 0.15) is 0 Å². The van der Waals surface area contributed by atoms with Crippen molar-refractivity contribution in [3.8, 4) is 0 Å². The summed E-state index contributed by atoms with van der Waals surface area (Å²) in [4.78, 5) is 37.0. The molecule has 1 amide bonds. The van der Waals surface area contributed by atoms with Gasteiger partial charge in [-0.05, 0) is 50.1 Å². The van der Waals surface area contributed by atoms with Gasteiger partial charge in [0.05, 0.1) is 5.39 Å². The van der Waals surface area contributed by atoms with E-state index in [4.69, 9.17) is 4.74 Å². The lowest BCUT2D eigenvalue weighted by molar-refractivity contribution is -0.119. The molecule has 3 rings (SSSR count). The summed E-state index contributed by atoms with van der Waals surface area (Å²) in [5.41, 5.74) is 2.41. The maximum Gasteiger partial charge on any atom is 0.359 e. The molecule has 0 aliphatic heterocycles. The predicted molar refractivity (Wildman–Crippen MR) is 107 cm³/mol. The molecule has 0 saturated carbocycles. The summed E-state index contributed by atoms with van der Waals surface area (Å²) in [6.45, 7) is 5.49. The molecule has 0 saturated heterocycles. The molecule has 0 unspecified atom stereocenters. The van der Waals surface area contributed by atoms with Crippen LogP contribution < -0.4 is 10.9 Å². The van der Waals surface area contributed by atoms with Crippen LogP contribution in [-0.4, -0.2) is 28.3 Å². The smallest absolute Gasteiger partial charge is 0.359 e. The first-order chi connectivity index (χ1) is 13.4. The number of hydrogen-bond donors (Lipinski definition) is 1. The molecule has 0 spiro atoms. The lowest BCUT2D eigenvalue weighted by Crippen LogP contribution is -2.27. The molecule has 1 aromatic heterocycles. The van der Waals surface area contributed by atoms with Gasteiger partial charge in [0.25, 0.3) is 11.5 Å². The van der Waals surface area contributed by atoms with Gasteiger partial charge in [0, 0.05) is 17.6 Å². The summed E-state index contributed by atoms with van der Waals surface area (Å²) in [5, 5.41) is 7.59. The van der Waals surface area contributed by atoms with Crippen molar-refractivity contribution >= 4 is 28.3 Å². The van der Waals surface area contributed by atoms with E-state index in [0.29, 0.717) is 23.0 Å². The third-order valence-electron chi connectivity index (χ3n) is 4.20. The van der Waals surface area contributed by atoms with Gasteiger partial charge < -0.3 is 10.1 Å². The van der Waals surface area contributed by atoms with Gasteiger partial charge in [-0.2, -0.15) is 5.10 Å². The van der Waals surface area contributed by atoms with Crippen LogP contribution in [0, 0.1) is 13.8 Å². The van der Waals surface area contributed by atoms with Crippen molar-refractivity contribution in [2.75, 3.05) is 11.9 Å². The summed E-state index contributed by atoms with van der Waals surface area (Å²) in [5.74, 6) is -1.21. The molecular formula is C21H21N3O4. The first kappa shape index (κ1) is 19.3. The van der Waals surface area contributed by atoms with E-state index in [1.54, 1.807) is 31.2 Å². The van der Waals surface area contributed by atoms with E-state index < -0.39 is 18.5 Å². The highest BCUT2D eigenvalue weighted by molar-refractivity contribution is 6.03. The Morgan fingerprint density at radius 2 is 1.71 bits per heavy atom. The third-order valence-corrected chi connectivity index (χ3v) is 4.20. The Morgan fingerprint density at radius 1 is 1.07 bits per heavy atom. The molecule has 28 heavy (non-hydrogen) atoms. The van der Waals surface area contributed by atoms with E-state index in [9.17, 15) is 14.4 Å². The van der Waals surface area contributed by atoms with Crippen LogP contribution in [0.25, 0.3) is 10.8 Å². The zero-order valence-corrected chi connectivity index (χ0v) is 16.0. The first-order valence-electron chi connectivity index (χ1n) is 8.94. The molecule has 7 heteroatoms. The zero-order chi connectivity index (χ0) is 20.3. The largest absolute Gasteiger partial charge is 0.451 e.